The number of benzene rings is 2. The maximum Gasteiger partial charge on any atom is 0.277 e. The highest BCUT2D eigenvalue weighted by atomic mass is 32.2. The van der Waals surface area contributed by atoms with Crippen molar-refractivity contribution >= 4 is 27.5 Å². The molecule has 0 saturated heterocycles. The number of nitrogens with one attached hydrogen (secondary N) is 1. The molecule has 6 heteroatoms. The summed E-state index contributed by atoms with van der Waals surface area (Å²) < 4.78 is 26.8. The van der Waals surface area contributed by atoms with Gasteiger partial charge in [0.1, 0.15) is 0 Å². The van der Waals surface area contributed by atoms with Gasteiger partial charge in [-0.05, 0) is 65.3 Å². The van der Waals surface area contributed by atoms with Crippen molar-refractivity contribution in [2.75, 3.05) is 6.26 Å². The van der Waals surface area contributed by atoms with E-state index < -0.39 is 10.0 Å². The average Bonchev–Trinajstić information content (AvgIpc) is 2.70. The summed E-state index contributed by atoms with van der Waals surface area (Å²) in [7, 11) is -3.81. The van der Waals surface area contributed by atoms with Crippen molar-refractivity contribution in [3.05, 3.63) is 58.7 Å². The quantitative estimate of drug-likeness (QED) is 0.287. The van der Waals surface area contributed by atoms with Crippen LogP contribution in [-0.4, -0.2) is 20.4 Å². The molecule has 4 nitrogen and oxygen atoms in total. The highest BCUT2D eigenvalue weighted by molar-refractivity contribution is 7.98. The molecule has 2 aromatic rings. The van der Waals surface area contributed by atoms with Crippen LogP contribution in [-0.2, 0) is 10.0 Å². The fraction of sp³-hybridized carbons (Fsp3) is 0.458. The van der Waals surface area contributed by atoms with Gasteiger partial charge in [-0.2, -0.15) is 18.4 Å². The number of sulfonamides is 1. The number of thioether (sulfide) groups is 1. The lowest BCUT2D eigenvalue weighted by Crippen LogP contribution is -2.24. The largest absolute Gasteiger partial charge is 0.277 e. The molecule has 0 unspecified atom stereocenters. The Labute approximate surface area is 186 Å². The summed E-state index contributed by atoms with van der Waals surface area (Å²) in [5.41, 5.74) is 4.36. The lowest BCUT2D eigenvalue weighted by Gasteiger charge is -2.22. The van der Waals surface area contributed by atoms with Crippen LogP contribution >= 0.6 is 11.8 Å². The fourth-order valence-corrected chi connectivity index (χ4v) is 5.24. The van der Waals surface area contributed by atoms with Crippen LogP contribution < -0.4 is 4.83 Å². The van der Waals surface area contributed by atoms with E-state index in [2.05, 4.69) is 23.8 Å². The Balaban J connectivity index is 2.52. The van der Waals surface area contributed by atoms with Gasteiger partial charge < -0.3 is 0 Å². The van der Waals surface area contributed by atoms with Crippen LogP contribution in [0.1, 0.15) is 88.5 Å². The second kappa shape index (κ2) is 10.0. The van der Waals surface area contributed by atoms with Crippen molar-refractivity contribution in [3.8, 4) is 0 Å². The zero-order valence-electron chi connectivity index (χ0n) is 19.3. The third-order valence-electron chi connectivity index (χ3n) is 5.19. The summed E-state index contributed by atoms with van der Waals surface area (Å²) in [6.45, 7) is 14.2. The lowest BCUT2D eigenvalue weighted by molar-refractivity contribution is 0.579. The maximum atomic E-state index is 13.4. The molecule has 0 amide bonds. The highest BCUT2D eigenvalue weighted by Gasteiger charge is 2.26. The first-order valence-electron chi connectivity index (χ1n) is 10.4. The molecule has 0 bridgehead atoms. The Bertz CT molecular complexity index is 977. The van der Waals surface area contributed by atoms with Crippen LogP contribution in [0.3, 0.4) is 0 Å². The van der Waals surface area contributed by atoms with Gasteiger partial charge in [-0.3, -0.25) is 0 Å². The Morgan fingerprint density at radius 1 is 0.900 bits per heavy atom. The molecule has 0 heterocycles. The Morgan fingerprint density at radius 2 is 1.40 bits per heavy atom. The smallest absolute Gasteiger partial charge is 0.200 e. The van der Waals surface area contributed by atoms with Gasteiger partial charge in [0, 0.05) is 4.90 Å². The summed E-state index contributed by atoms with van der Waals surface area (Å²) in [6.07, 6.45) is 2.02. The number of hydrogen-bond acceptors (Lipinski definition) is 4. The van der Waals surface area contributed by atoms with Crippen LogP contribution in [0.2, 0.25) is 0 Å². The minimum absolute atomic E-state index is 0.0805. The van der Waals surface area contributed by atoms with E-state index in [4.69, 9.17) is 0 Å². The minimum Gasteiger partial charge on any atom is -0.200 e. The predicted octanol–water partition coefficient (Wildman–Crippen LogP) is 6.48. The van der Waals surface area contributed by atoms with E-state index >= 15 is 0 Å². The molecule has 0 aliphatic rings. The number of hydrazone groups is 1. The summed E-state index contributed by atoms with van der Waals surface area (Å²) in [6, 6.07) is 12.0. The molecular formula is C24H34N2O2S2. The van der Waals surface area contributed by atoms with Gasteiger partial charge in [-0.1, -0.05) is 65.8 Å². The van der Waals surface area contributed by atoms with Crippen molar-refractivity contribution in [1.29, 1.82) is 0 Å². The zero-order valence-corrected chi connectivity index (χ0v) is 20.9. The highest BCUT2D eigenvalue weighted by Crippen LogP contribution is 2.35. The molecule has 0 radical (unpaired) electrons. The molecule has 2 rings (SSSR count). The van der Waals surface area contributed by atoms with Crippen molar-refractivity contribution in [2.24, 2.45) is 5.10 Å². The van der Waals surface area contributed by atoms with E-state index in [9.17, 15) is 8.42 Å². The van der Waals surface area contributed by atoms with Gasteiger partial charge in [0.15, 0.2) is 0 Å². The fourth-order valence-electron chi connectivity index (χ4n) is 3.27. The van der Waals surface area contributed by atoms with E-state index in [0.29, 0.717) is 16.5 Å². The SMILES string of the molecule is CSc1ccc(/C(C)=N/NS(=O)(=O)c2c(C(C)C)cc(C(C)C)cc2C(C)C)cc1. The van der Waals surface area contributed by atoms with Crippen LogP contribution in [0, 0.1) is 0 Å². The maximum absolute atomic E-state index is 13.4. The second-order valence-electron chi connectivity index (χ2n) is 8.51. The Hall–Kier alpha value is -1.79. The predicted molar refractivity (Wildman–Crippen MR) is 129 cm³/mol. The van der Waals surface area contributed by atoms with Crippen LogP contribution in [0.25, 0.3) is 0 Å². The molecule has 30 heavy (non-hydrogen) atoms. The van der Waals surface area contributed by atoms with E-state index in [1.807, 2.05) is 77.3 Å². The molecule has 0 aliphatic heterocycles. The number of rotatable bonds is 8. The third-order valence-corrected chi connectivity index (χ3v) is 7.27. The van der Waals surface area contributed by atoms with E-state index in [0.717, 1.165) is 27.1 Å². The Morgan fingerprint density at radius 3 is 1.80 bits per heavy atom. The average molecular weight is 447 g/mol. The molecule has 0 fully saturated rings. The molecular weight excluding hydrogens is 412 g/mol. The molecule has 0 saturated carbocycles. The van der Waals surface area contributed by atoms with Gasteiger partial charge in [0.25, 0.3) is 10.0 Å². The monoisotopic (exact) mass is 446 g/mol. The normalized spacial score (nSPS) is 12.8. The Kier molecular flexibility index (Phi) is 8.17. The molecule has 0 aromatic heterocycles. The summed E-state index contributed by atoms with van der Waals surface area (Å²) >= 11 is 1.66. The molecule has 164 valence electrons. The molecule has 2 aromatic carbocycles. The van der Waals surface area contributed by atoms with Crippen molar-refractivity contribution in [3.63, 3.8) is 0 Å². The number of hydrogen-bond donors (Lipinski definition) is 1. The minimum atomic E-state index is -3.81. The molecule has 0 aliphatic carbocycles. The first kappa shape index (κ1) is 24.5. The summed E-state index contributed by atoms with van der Waals surface area (Å²) in [5, 5.41) is 4.23. The summed E-state index contributed by atoms with van der Waals surface area (Å²) in [5.74, 6) is 0.489. The third kappa shape index (κ3) is 5.67. The zero-order chi connectivity index (χ0) is 22.6. The standard InChI is InChI=1S/C24H34N2O2S2/c1-15(2)20-13-22(16(3)4)24(23(14-20)17(5)6)30(27,28)26-25-18(7)19-9-11-21(29-8)12-10-19/h9-17,26H,1-8H3/b25-18+. The van der Waals surface area contributed by atoms with E-state index in [1.54, 1.807) is 11.8 Å². The van der Waals surface area contributed by atoms with Gasteiger partial charge >= 0.3 is 0 Å². The van der Waals surface area contributed by atoms with Crippen molar-refractivity contribution in [1.82, 2.24) is 4.83 Å². The van der Waals surface area contributed by atoms with Crippen LogP contribution in [0.15, 0.2) is 51.3 Å². The topological polar surface area (TPSA) is 58.5 Å². The van der Waals surface area contributed by atoms with Crippen molar-refractivity contribution < 1.29 is 8.42 Å². The second-order valence-corrected chi connectivity index (χ2v) is 11.0. The lowest BCUT2D eigenvalue weighted by atomic mass is 9.89. The molecule has 1 N–H and O–H groups in total. The number of nitrogens with zero attached hydrogens (tertiary/aromatic N) is 1. The molecule has 0 spiro atoms. The van der Waals surface area contributed by atoms with Crippen molar-refractivity contribution in [2.45, 2.75) is 76.0 Å². The van der Waals surface area contributed by atoms with Gasteiger partial charge in [-0.15, -0.1) is 11.8 Å². The first-order valence-corrected chi connectivity index (χ1v) is 13.1. The van der Waals surface area contributed by atoms with Gasteiger partial charge in [0.05, 0.1) is 10.6 Å². The van der Waals surface area contributed by atoms with E-state index in [1.165, 1.54) is 0 Å². The van der Waals surface area contributed by atoms with Gasteiger partial charge in [-0.25, -0.2) is 0 Å². The van der Waals surface area contributed by atoms with Gasteiger partial charge in [0.2, 0.25) is 0 Å². The first-order chi connectivity index (χ1) is 14.0. The van der Waals surface area contributed by atoms with Crippen LogP contribution in [0.5, 0.6) is 0 Å². The van der Waals surface area contributed by atoms with E-state index in [-0.39, 0.29) is 11.8 Å². The summed E-state index contributed by atoms with van der Waals surface area (Å²) in [4.78, 5) is 4.02. The van der Waals surface area contributed by atoms with Crippen LogP contribution in [0.4, 0.5) is 0 Å². The molecule has 0 atom stereocenters.